The van der Waals surface area contributed by atoms with Crippen LogP contribution in [0.25, 0.3) is 0 Å². The molecule has 1 aliphatic rings. The summed E-state index contributed by atoms with van der Waals surface area (Å²) in [5, 5.41) is 9.61. The largest absolute Gasteiger partial charge is 0.506 e. The van der Waals surface area contributed by atoms with Crippen LogP contribution in [0.4, 0.5) is 0 Å². The second-order valence-electron chi connectivity index (χ2n) is 3.36. The Morgan fingerprint density at radius 1 is 1.71 bits per heavy atom. The molecule has 0 spiro atoms. The fourth-order valence-electron chi connectivity index (χ4n) is 1.61. The van der Waals surface area contributed by atoms with Crippen molar-refractivity contribution < 1.29 is 14.6 Å². The molecule has 1 unspecified atom stereocenters. The lowest BCUT2D eigenvalue weighted by Gasteiger charge is -2.06. The second-order valence-corrected chi connectivity index (χ2v) is 4.15. The molecule has 0 fully saturated rings. The molecule has 14 heavy (non-hydrogen) atoms. The third-order valence-electron chi connectivity index (χ3n) is 2.28. The smallest absolute Gasteiger partial charge is 0.153 e. The van der Waals surface area contributed by atoms with Crippen LogP contribution in [0.2, 0.25) is 0 Å². The summed E-state index contributed by atoms with van der Waals surface area (Å²) in [6, 6.07) is 1.58. The molecule has 2 rings (SSSR count). The van der Waals surface area contributed by atoms with Crippen molar-refractivity contribution in [2.45, 2.75) is 19.4 Å². The zero-order valence-corrected chi connectivity index (χ0v) is 9.17. The van der Waals surface area contributed by atoms with Gasteiger partial charge < -0.3 is 9.84 Å². The average Bonchev–Trinajstić information content (AvgIpc) is 2.52. The summed E-state index contributed by atoms with van der Waals surface area (Å²) >= 11 is 3.26. The van der Waals surface area contributed by atoms with Crippen LogP contribution in [0.3, 0.4) is 0 Å². The number of phenolic OH excluding ortho intramolecular Hbond substituents is 1. The van der Waals surface area contributed by atoms with Crippen LogP contribution in [0.15, 0.2) is 10.5 Å². The molecule has 74 valence electrons. The predicted octanol–water partition coefficient (Wildman–Crippen LogP) is 2.29. The van der Waals surface area contributed by atoms with Gasteiger partial charge in [-0.1, -0.05) is 0 Å². The van der Waals surface area contributed by atoms with Gasteiger partial charge in [-0.25, -0.2) is 0 Å². The van der Waals surface area contributed by atoms with Crippen LogP contribution in [-0.2, 0) is 6.42 Å². The van der Waals surface area contributed by atoms with Crippen LogP contribution in [0.1, 0.15) is 22.8 Å². The van der Waals surface area contributed by atoms with Crippen molar-refractivity contribution in [1.29, 1.82) is 0 Å². The van der Waals surface area contributed by atoms with Crippen LogP contribution in [0.5, 0.6) is 11.5 Å². The number of carbonyl (C=O) groups is 1. The predicted molar refractivity (Wildman–Crippen MR) is 55.0 cm³/mol. The van der Waals surface area contributed by atoms with E-state index in [0.717, 1.165) is 12.0 Å². The number of hydrogen-bond donors (Lipinski definition) is 1. The van der Waals surface area contributed by atoms with E-state index in [2.05, 4.69) is 15.9 Å². The first kappa shape index (κ1) is 9.52. The fraction of sp³-hybridized carbons (Fsp3) is 0.300. The molecule has 0 radical (unpaired) electrons. The summed E-state index contributed by atoms with van der Waals surface area (Å²) in [6.45, 7) is 1.95. The van der Waals surface area contributed by atoms with Gasteiger partial charge in [-0.2, -0.15) is 0 Å². The number of aromatic hydroxyl groups is 1. The van der Waals surface area contributed by atoms with Gasteiger partial charge in [-0.05, 0) is 28.9 Å². The Bertz CT molecular complexity index is 401. The van der Waals surface area contributed by atoms with Gasteiger partial charge in [-0.15, -0.1) is 0 Å². The molecule has 1 aromatic rings. The van der Waals surface area contributed by atoms with Crippen molar-refractivity contribution in [3.05, 3.63) is 21.7 Å². The van der Waals surface area contributed by atoms with Gasteiger partial charge >= 0.3 is 0 Å². The molecule has 1 aliphatic heterocycles. The molecule has 1 heterocycles. The standard InChI is InChI=1S/C10H9BrO3/c1-5-2-7-8(14-5)3-6(4-12)10(13)9(7)11/h3-5,13H,2H2,1H3. The Morgan fingerprint density at radius 2 is 2.43 bits per heavy atom. The van der Waals surface area contributed by atoms with E-state index < -0.39 is 0 Å². The van der Waals surface area contributed by atoms with Crippen molar-refractivity contribution in [1.82, 2.24) is 0 Å². The topological polar surface area (TPSA) is 46.5 Å². The van der Waals surface area contributed by atoms with Crippen molar-refractivity contribution in [3.63, 3.8) is 0 Å². The molecule has 3 nitrogen and oxygen atoms in total. The lowest BCUT2D eigenvalue weighted by atomic mass is 10.1. The van der Waals surface area contributed by atoms with Gasteiger partial charge in [0, 0.05) is 12.0 Å². The second kappa shape index (κ2) is 3.28. The number of fused-ring (bicyclic) bond motifs is 1. The van der Waals surface area contributed by atoms with Crippen LogP contribution in [-0.4, -0.2) is 17.5 Å². The van der Waals surface area contributed by atoms with Crippen LogP contribution < -0.4 is 4.74 Å². The Kier molecular flexibility index (Phi) is 2.23. The highest BCUT2D eigenvalue weighted by molar-refractivity contribution is 9.10. The van der Waals surface area contributed by atoms with E-state index in [9.17, 15) is 9.90 Å². The number of rotatable bonds is 1. The molecular formula is C10H9BrO3. The molecule has 0 amide bonds. The quantitative estimate of drug-likeness (QED) is 0.785. The van der Waals surface area contributed by atoms with Crippen molar-refractivity contribution in [2.24, 2.45) is 0 Å². The van der Waals surface area contributed by atoms with E-state index in [1.165, 1.54) is 0 Å². The summed E-state index contributed by atoms with van der Waals surface area (Å²) in [5.74, 6) is 0.681. The van der Waals surface area contributed by atoms with E-state index in [4.69, 9.17) is 4.74 Å². The molecule has 1 aromatic carbocycles. The van der Waals surface area contributed by atoms with Gasteiger partial charge in [0.25, 0.3) is 0 Å². The zero-order chi connectivity index (χ0) is 10.3. The first-order chi connectivity index (χ1) is 6.63. The molecule has 0 saturated carbocycles. The minimum absolute atomic E-state index is 0.00329. The Balaban J connectivity index is 2.61. The summed E-state index contributed by atoms with van der Waals surface area (Å²) in [7, 11) is 0. The van der Waals surface area contributed by atoms with Crippen molar-refractivity contribution >= 4 is 22.2 Å². The van der Waals surface area contributed by atoms with E-state index in [-0.39, 0.29) is 17.4 Å². The molecule has 1 N–H and O–H groups in total. The molecule has 4 heteroatoms. The maximum Gasteiger partial charge on any atom is 0.153 e. The average molecular weight is 257 g/mol. The van der Waals surface area contributed by atoms with E-state index in [0.29, 0.717) is 16.5 Å². The monoisotopic (exact) mass is 256 g/mol. The van der Waals surface area contributed by atoms with E-state index >= 15 is 0 Å². The minimum Gasteiger partial charge on any atom is -0.506 e. The van der Waals surface area contributed by atoms with E-state index in [1.807, 2.05) is 6.92 Å². The zero-order valence-electron chi connectivity index (χ0n) is 7.58. The number of carbonyl (C=O) groups excluding carboxylic acids is 1. The molecule has 0 aliphatic carbocycles. The Hall–Kier alpha value is -1.03. The van der Waals surface area contributed by atoms with Gasteiger partial charge in [0.1, 0.15) is 17.6 Å². The Morgan fingerprint density at radius 3 is 3.07 bits per heavy atom. The number of aldehydes is 1. The fourth-order valence-corrected chi connectivity index (χ4v) is 2.19. The third kappa shape index (κ3) is 1.30. The normalized spacial score (nSPS) is 18.9. The number of benzene rings is 1. The van der Waals surface area contributed by atoms with Crippen LogP contribution in [0, 0.1) is 0 Å². The summed E-state index contributed by atoms with van der Waals surface area (Å²) in [6.07, 6.45) is 1.47. The first-order valence-electron chi connectivity index (χ1n) is 4.29. The molecular weight excluding hydrogens is 248 g/mol. The SMILES string of the molecule is CC1Cc2c(cc(C=O)c(O)c2Br)O1. The number of hydrogen-bond acceptors (Lipinski definition) is 3. The van der Waals surface area contributed by atoms with E-state index in [1.54, 1.807) is 6.07 Å². The molecule has 0 aromatic heterocycles. The highest BCUT2D eigenvalue weighted by Gasteiger charge is 2.25. The number of halogens is 1. The van der Waals surface area contributed by atoms with Crippen molar-refractivity contribution in [3.8, 4) is 11.5 Å². The maximum absolute atomic E-state index is 10.6. The van der Waals surface area contributed by atoms with Gasteiger partial charge in [0.15, 0.2) is 6.29 Å². The maximum atomic E-state index is 10.6. The number of ether oxygens (including phenoxy) is 1. The van der Waals surface area contributed by atoms with Gasteiger partial charge in [0.2, 0.25) is 0 Å². The first-order valence-corrected chi connectivity index (χ1v) is 5.09. The van der Waals surface area contributed by atoms with Crippen LogP contribution >= 0.6 is 15.9 Å². The lowest BCUT2D eigenvalue weighted by Crippen LogP contribution is -2.05. The lowest BCUT2D eigenvalue weighted by molar-refractivity contribution is 0.112. The summed E-state index contributed by atoms with van der Waals surface area (Å²) in [5.41, 5.74) is 1.19. The number of phenols is 1. The highest BCUT2D eigenvalue weighted by atomic mass is 79.9. The summed E-state index contributed by atoms with van der Waals surface area (Å²) in [4.78, 5) is 10.6. The molecule has 1 atom stereocenters. The summed E-state index contributed by atoms with van der Waals surface area (Å²) < 4.78 is 6.06. The highest BCUT2D eigenvalue weighted by Crippen LogP contribution is 2.41. The van der Waals surface area contributed by atoms with Crippen molar-refractivity contribution in [2.75, 3.05) is 0 Å². The molecule has 0 saturated heterocycles. The van der Waals surface area contributed by atoms with Gasteiger partial charge in [0.05, 0.1) is 10.0 Å². The van der Waals surface area contributed by atoms with Gasteiger partial charge in [-0.3, -0.25) is 4.79 Å². The molecule has 0 bridgehead atoms. The minimum atomic E-state index is -0.00329. The third-order valence-corrected chi connectivity index (χ3v) is 3.13. The Labute approximate surface area is 89.8 Å².